The molecule has 6 heteroatoms. The molecule has 2 aliphatic heterocycles. The molecule has 6 nitrogen and oxygen atoms in total. The minimum Gasteiger partial charge on any atom is -0.444 e. The van der Waals surface area contributed by atoms with Crippen LogP contribution in [-0.2, 0) is 17.9 Å². The Morgan fingerprint density at radius 3 is 2.70 bits per heavy atom. The summed E-state index contributed by atoms with van der Waals surface area (Å²) in [5.41, 5.74) is 0.981. The first-order valence-electron chi connectivity index (χ1n) is 8.09. The van der Waals surface area contributed by atoms with Gasteiger partial charge in [-0.3, -0.25) is 4.79 Å². The molecule has 3 heterocycles. The van der Waals surface area contributed by atoms with Gasteiger partial charge in [0.1, 0.15) is 5.60 Å². The van der Waals surface area contributed by atoms with E-state index in [0.717, 1.165) is 12.1 Å². The molecule has 0 spiro atoms. The minimum absolute atomic E-state index is 0.0630. The number of pyridine rings is 1. The van der Waals surface area contributed by atoms with Crippen LogP contribution in [0.1, 0.15) is 44.4 Å². The lowest BCUT2D eigenvalue weighted by atomic mass is 9.83. The molecule has 0 aliphatic carbocycles. The van der Waals surface area contributed by atoms with E-state index in [0.29, 0.717) is 25.2 Å². The number of carbonyl (C=O) groups excluding carboxylic acids is 1. The maximum atomic E-state index is 12.3. The fraction of sp³-hybridized carbons (Fsp3) is 0.647. The molecule has 1 aromatic heterocycles. The number of ether oxygens (including phenoxy) is 1. The van der Waals surface area contributed by atoms with Gasteiger partial charge in [-0.2, -0.15) is 0 Å². The fourth-order valence-corrected chi connectivity index (χ4v) is 3.58. The summed E-state index contributed by atoms with van der Waals surface area (Å²) in [6.07, 6.45) is 0.675. The van der Waals surface area contributed by atoms with E-state index in [2.05, 4.69) is 0 Å². The lowest BCUT2D eigenvalue weighted by molar-refractivity contribution is 0.0101. The number of aliphatic hydroxyl groups is 1. The highest BCUT2D eigenvalue weighted by atomic mass is 16.6. The Hall–Kier alpha value is -1.82. The molecule has 3 rings (SSSR count). The molecular weight excluding hydrogens is 296 g/mol. The van der Waals surface area contributed by atoms with Gasteiger partial charge in [0.25, 0.3) is 5.56 Å². The van der Waals surface area contributed by atoms with Crippen molar-refractivity contribution in [3.05, 3.63) is 33.7 Å². The maximum Gasteiger partial charge on any atom is 0.410 e. The van der Waals surface area contributed by atoms with E-state index in [1.807, 2.05) is 26.8 Å². The largest absolute Gasteiger partial charge is 0.444 e. The lowest BCUT2D eigenvalue weighted by Gasteiger charge is -2.43. The Morgan fingerprint density at radius 2 is 2.04 bits per heavy atom. The number of amides is 1. The van der Waals surface area contributed by atoms with Crippen LogP contribution in [0.5, 0.6) is 0 Å². The Balaban J connectivity index is 1.86. The number of rotatable bonds is 1. The second-order valence-electron chi connectivity index (χ2n) is 7.58. The van der Waals surface area contributed by atoms with Crippen LogP contribution in [0.2, 0.25) is 0 Å². The van der Waals surface area contributed by atoms with E-state index >= 15 is 0 Å². The Kier molecular flexibility index (Phi) is 3.96. The zero-order valence-corrected chi connectivity index (χ0v) is 13.9. The number of piperidine rings is 1. The summed E-state index contributed by atoms with van der Waals surface area (Å²) in [7, 11) is 0. The summed E-state index contributed by atoms with van der Waals surface area (Å²) in [4.78, 5) is 26.3. The average Bonchev–Trinajstić information content (AvgIpc) is 2.46. The third kappa shape index (κ3) is 3.27. The first kappa shape index (κ1) is 16.1. The zero-order chi connectivity index (χ0) is 16.8. The number of aromatic nitrogens is 1. The summed E-state index contributed by atoms with van der Waals surface area (Å²) < 4.78 is 7.27. The standard InChI is InChI=1S/C17H24N2O4/c1-17(2,3)23-16(22)18-7-12-4-13(9-18)14-5-11(10-20)6-15(21)19(14)8-12/h5-6,12-13,20H,4,7-10H2,1-3H3. The molecule has 2 atom stereocenters. The first-order chi connectivity index (χ1) is 10.8. The number of nitrogens with zero attached hydrogens (tertiary/aromatic N) is 2. The van der Waals surface area contributed by atoms with Gasteiger partial charge in [-0.1, -0.05) is 0 Å². The fourth-order valence-electron chi connectivity index (χ4n) is 3.58. The molecule has 23 heavy (non-hydrogen) atoms. The van der Waals surface area contributed by atoms with Crippen LogP contribution < -0.4 is 5.56 Å². The van der Waals surface area contributed by atoms with Crippen molar-refractivity contribution >= 4 is 6.09 Å². The quantitative estimate of drug-likeness (QED) is 0.855. The van der Waals surface area contributed by atoms with Gasteiger partial charge in [0.2, 0.25) is 0 Å². The molecule has 2 unspecified atom stereocenters. The molecule has 1 fully saturated rings. The SMILES string of the molecule is CC(C)(C)OC(=O)N1CC2CC(C1)c1cc(CO)cc(=O)n1C2. The van der Waals surface area contributed by atoms with Crippen LogP contribution in [0.4, 0.5) is 4.79 Å². The van der Waals surface area contributed by atoms with E-state index in [1.54, 1.807) is 9.47 Å². The molecule has 0 aromatic carbocycles. The molecule has 2 aliphatic rings. The molecule has 1 amide bonds. The van der Waals surface area contributed by atoms with Gasteiger partial charge in [-0.05, 0) is 44.7 Å². The first-order valence-corrected chi connectivity index (χ1v) is 8.09. The smallest absolute Gasteiger partial charge is 0.410 e. The van der Waals surface area contributed by atoms with Crippen LogP contribution in [-0.4, -0.2) is 39.4 Å². The monoisotopic (exact) mass is 320 g/mol. The van der Waals surface area contributed by atoms with Crippen LogP contribution in [0, 0.1) is 5.92 Å². The van der Waals surface area contributed by atoms with Crippen molar-refractivity contribution in [3.8, 4) is 0 Å². The Morgan fingerprint density at radius 1 is 1.30 bits per heavy atom. The van der Waals surface area contributed by atoms with E-state index < -0.39 is 5.60 Å². The highest BCUT2D eigenvalue weighted by Gasteiger charge is 2.37. The van der Waals surface area contributed by atoms with Gasteiger partial charge in [0.15, 0.2) is 0 Å². The van der Waals surface area contributed by atoms with Gasteiger partial charge >= 0.3 is 6.09 Å². The van der Waals surface area contributed by atoms with Gasteiger partial charge < -0.3 is 19.3 Å². The molecule has 0 saturated carbocycles. The van der Waals surface area contributed by atoms with Gasteiger partial charge in [0, 0.05) is 37.3 Å². The normalized spacial score (nSPS) is 23.4. The van der Waals surface area contributed by atoms with Crippen LogP contribution in [0.25, 0.3) is 0 Å². The Bertz CT molecular complexity index is 674. The van der Waals surface area contributed by atoms with Crippen molar-refractivity contribution in [2.45, 2.75) is 51.9 Å². The van der Waals surface area contributed by atoms with Gasteiger partial charge in [-0.15, -0.1) is 0 Å². The number of fused-ring (bicyclic) bond motifs is 4. The van der Waals surface area contributed by atoms with Gasteiger partial charge in [-0.25, -0.2) is 4.79 Å². The minimum atomic E-state index is -0.511. The number of carbonyl (C=O) groups is 1. The van der Waals surface area contributed by atoms with E-state index in [4.69, 9.17) is 4.74 Å². The maximum absolute atomic E-state index is 12.3. The summed E-state index contributed by atoms with van der Waals surface area (Å²) in [6, 6.07) is 3.39. The zero-order valence-electron chi connectivity index (χ0n) is 13.9. The predicted octanol–water partition coefficient (Wildman–Crippen LogP) is 1.69. The molecule has 1 N–H and O–H groups in total. The molecule has 1 aromatic rings. The van der Waals surface area contributed by atoms with Gasteiger partial charge in [0.05, 0.1) is 6.61 Å². The van der Waals surface area contributed by atoms with Crippen LogP contribution in [0.15, 0.2) is 16.9 Å². The summed E-state index contributed by atoms with van der Waals surface area (Å²) in [5.74, 6) is 0.390. The molecule has 1 saturated heterocycles. The predicted molar refractivity (Wildman–Crippen MR) is 85.3 cm³/mol. The van der Waals surface area contributed by atoms with Crippen molar-refractivity contribution in [3.63, 3.8) is 0 Å². The van der Waals surface area contributed by atoms with E-state index in [9.17, 15) is 14.7 Å². The summed E-state index contributed by atoms with van der Waals surface area (Å²) in [6.45, 7) is 7.23. The van der Waals surface area contributed by atoms with Crippen molar-refractivity contribution in [1.82, 2.24) is 9.47 Å². The topological polar surface area (TPSA) is 71.8 Å². The molecule has 126 valence electrons. The summed E-state index contributed by atoms with van der Waals surface area (Å²) >= 11 is 0. The lowest BCUT2D eigenvalue weighted by Crippen LogP contribution is -2.50. The number of hydrogen-bond donors (Lipinski definition) is 1. The third-order valence-electron chi connectivity index (χ3n) is 4.45. The number of likely N-dealkylation sites (tertiary alicyclic amines) is 1. The second kappa shape index (κ2) is 5.67. The second-order valence-corrected chi connectivity index (χ2v) is 7.58. The van der Waals surface area contributed by atoms with E-state index in [-0.39, 0.29) is 30.1 Å². The molecule has 0 radical (unpaired) electrons. The third-order valence-corrected chi connectivity index (χ3v) is 4.45. The van der Waals surface area contributed by atoms with Crippen LogP contribution in [0.3, 0.4) is 0 Å². The molecule has 2 bridgehead atoms. The van der Waals surface area contributed by atoms with Crippen molar-refractivity contribution < 1.29 is 14.6 Å². The highest BCUT2D eigenvalue weighted by Crippen LogP contribution is 2.35. The van der Waals surface area contributed by atoms with E-state index in [1.165, 1.54) is 6.07 Å². The number of hydrogen-bond acceptors (Lipinski definition) is 4. The average molecular weight is 320 g/mol. The van der Waals surface area contributed by atoms with Crippen molar-refractivity contribution in [2.24, 2.45) is 5.92 Å². The van der Waals surface area contributed by atoms with Crippen LogP contribution >= 0.6 is 0 Å². The molecular formula is C17H24N2O4. The summed E-state index contributed by atoms with van der Waals surface area (Å²) in [5, 5.41) is 9.32. The number of aliphatic hydroxyl groups excluding tert-OH is 1. The van der Waals surface area contributed by atoms with Crippen molar-refractivity contribution in [2.75, 3.05) is 13.1 Å². The highest BCUT2D eigenvalue weighted by molar-refractivity contribution is 5.68. The Labute approximate surface area is 135 Å². The van der Waals surface area contributed by atoms with Crippen molar-refractivity contribution in [1.29, 1.82) is 0 Å².